The number of aryl methyl sites for hydroxylation is 1. The Labute approximate surface area is 214 Å². The molecule has 2 N–H and O–H groups in total. The van der Waals surface area contributed by atoms with Gasteiger partial charge in [-0.05, 0) is 67.5 Å². The molecule has 1 unspecified atom stereocenters. The minimum absolute atomic E-state index is 0.0648. The first-order valence-electron chi connectivity index (χ1n) is 12.0. The summed E-state index contributed by atoms with van der Waals surface area (Å²) in [4.78, 5) is 16.9. The van der Waals surface area contributed by atoms with Gasteiger partial charge in [0.15, 0.2) is 17.3 Å². The Morgan fingerprint density at radius 2 is 1.81 bits per heavy atom. The molecule has 0 spiro atoms. The third kappa shape index (κ3) is 6.65. The molecule has 1 atom stereocenters. The van der Waals surface area contributed by atoms with Crippen molar-refractivity contribution in [3.8, 4) is 11.8 Å². The van der Waals surface area contributed by atoms with Crippen molar-refractivity contribution in [2.45, 2.75) is 57.9 Å². The van der Waals surface area contributed by atoms with Crippen molar-refractivity contribution in [2.24, 2.45) is 0 Å². The second kappa shape index (κ2) is 10.9. The smallest absolute Gasteiger partial charge is 0.399 e. The maximum atomic E-state index is 14.3. The average molecular weight is 534 g/mol. The van der Waals surface area contributed by atoms with Crippen LogP contribution in [0.25, 0.3) is 0 Å². The van der Waals surface area contributed by atoms with E-state index in [1.807, 2.05) is 19.1 Å². The van der Waals surface area contributed by atoms with Gasteiger partial charge in [0.1, 0.15) is 17.7 Å². The first kappa shape index (κ1) is 26.6. The van der Waals surface area contributed by atoms with Gasteiger partial charge in [-0.3, -0.25) is 9.52 Å². The summed E-state index contributed by atoms with van der Waals surface area (Å²) < 4.78 is 64.5. The number of ether oxygens (including phenoxy) is 1. The normalized spacial score (nSPS) is 15.3. The number of rotatable bonds is 8. The number of carbonyl (C=O) groups excluding carboxylic acids is 1. The van der Waals surface area contributed by atoms with E-state index in [0.29, 0.717) is 11.7 Å². The number of aromatic nitrogens is 1. The first-order valence-corrected chi connectivity index (χ1v) is 13.9. The molecule has 0 aliphatic heterocycles. The van der Waals surface area contributed by atoms with E-state index in [-0.39, 0.29) is 17.3 Å². The molecule has 2 aromatic carbocycles. The molecule has 8 nitrogen and oxygen atoms in total. The number of benzene rings is 2. The van der Waals surface area contributed by atoms with Crippen molar-refractivity contribution < 1.29 is 31.1 Å². The quantitative estimate of drug-likeness (QED) is 0.369. The van der Waals surface area contributed by atoms with Gasteiger partial charge in [-0.1, -0.05) is 31.4 Å². The largest absolute Gasteiger partial charge is 0.416 e. The van der Waals surface area contributed by atoms with E-state index in [1.54, 1.807) is 4.72 Å². The second-order valence-electron chi connectivity index (χ2n) is 9.41. The van der Waals surface area contributed by atoms with Crippen molar-refractivity contribution in [3.05, 3.63) is 70.6 Å². The minimum Gasteiger partial charge on any atom is -0.416 e. The van der Waals surface area contributed by atoms with E-state index >= 15 is 0 Å². The van der Waals surface area contributed by atoms with Crippen molar-refractivity contribution in [2.75, 3.05) is 11.0 Å². The van der Waals surface area contributed by atoms with Crippen molar-refractivity contribution >= 4 is 21.6 Å². The fraction of sp³-hybridized carbons (Fsp3) is 0.385. The predicted octanol–water partition coefficient (Wildman–Crippen LogP) is 5.96. The highest BCUT2D eigenvalue weighted by molar-refractivity contribution is 7.92. The minimum atomic E-state index is -3.87. The molecule has 1 aromatic heterocycles. The summed E-state index contributed by atoms with van der Waals surface area (Å²) in [5.74, 6) is -1.82. The van der Waals surface area contributed by atoms with Crippen LogP contribution in [0.5, 0.6) is 11.8 Å². The van der Waals surface area contributed by atoms with Gasteiger partial charge in [0.05, 0.1) is 12.3 Å². The van der Waals surface area contributed by atoms with Crippen LogP contribution in [-0.2, 0) is 10.0 Å². The average Bonchev–Trinajstić information content (AvgIpc) is 3.30. The summed E-state index contributed by atoms with van der Waals surface area (Å²) in [5.41, 5.74) is 1.35. The van der Waals surface area contributed by atoms with Crippen LogP contribution in [0.2, 0.25) is 0 Å². The molecule has 1 heterocycles. The number of hydrogen-bond donors (Lipinski definition) is 2. The summed E-state index contributed by atoms with van der Waals surface area (Å²) in [7, 11) is -3.87. The zero-order valence-electron chi connectivity index (χ0n) is 20.8. The summed E-state index contributed by atoms with van der Waals surface area (Å²) in [6, 6.07) is 7.10. The number of hydrogen-bond acceptors (Lipinski definition) is 6. The molecule has 0 radical (unpaired) electrons. The van der Waals surface area contributed by atoms with Crippen molar-refractivity contribution in [1.82, 2.24) is 10.3 Å². The summed E-state index contributed by atoms with van der Waals surface area (Å²) in [5, 5.41) is 2.60. The summed E-state index contributed by atoms with van der Waals surface area (Å²) in [6.07, 6.45) is 7.59. The Morgan fingerprint density at radius 3 is 2.46 bits per heavy atom. The highest BCUT2D eigenvalue weighted by atomic mass is 32.2. The molecular formula is C26H29F2N3O5S. The van der Waals surface area contributed by atoms with Gasteiger partial charge in [0.2, 0.25) is 10.0 Å². The number of amides is 1. The van der Waals surface area contributed by atoms with Crippen LogP contribution in [0.3, 0.4) is 0 Å². The van der Waals surface area contributed by atoms with Gasteiger partial charge < -0.3 is 14.5 Å². The number of nitrogens with one attached hydrogen (secondary N) is 2. The number of sulfonamides is 1. The highest BCUT2D eigenvalue weighted by Crippen LogP contribution is 2.39. The van der Waals surface area contributed by atoms with Gasteiger partial charge in [-0.2, -0.15) is 4.98 Å². The van der Waals surface area contributed by atoms with Gasteiger partial charge in [-0.15, -0.1) is 0 Å². The molecule has 0 bridgehead atoms. The van der Waals surface area contributed by atoms with Crippen LogP contribution in [0.4, 0.5) is 14.5 Å². The van der Waals surface area contributed by atoms with Gasteiger partial charge in [0.25, 0.3) is 5.91 Å². The van der Waals surface area contributed by atoms with Gasteiger partial charge in [0, 0.05) is 0 Å². The molecule has 0 saturated heterocycles. The first-order chi connectivity index (χ1) is 17.5. The van der Waals surface area contributed by atoms with Gasteiger partial charge in [-0.25, -0.2) is 17.2 Å². The topological polar surface area (TPSA) is 111 Å². The molecule has 198 valence electrons. The highest BCUT2D eigenvalue weighted by Gasteiger charge is 2.23. The number of halogens is 2. The van der Waals surface area contributed by atoms with E-state index in [9.17, 15) is 22.0 Å². The number of anilines is 1. The van der Waals surface area contributed by atoms with Crippen LogP contribution < -0.4 is 14.8 Å². The molecule has 1 aliphatic carbocycles. The molecule has 37 heavy (non-hydrogen) atoms. The van der Waals surface area contributed by atoms with Crippen LogP contribution in [0.1, 0.15) is 78.2 Å². The lowest BCUT2D eigenvalue weighted by Gasteiger charge is -2.23. The van der Waals surface area contributed by atoms with E-state index < -0.39 is 39.3 Å². The predicted molar refractivity (Wildman–Crippen MR) is 134 cm³/mol. The van der Waals surface area contributed by atoms with E-state index in [1.165, 1.54) is 26.2 Å². The molecule has 4 rings (SSSR count). The SMILES string of the molecule is Cc1ccc(C2CCCCC2)c(Oc2nc(C(=O)NC(C)c3cc(F)c(NS(C)(=O)=O)c(F)c3)co2)c1. The molecule has 3 aromatic rings. The standard InChI is InChI=1S/C26H29F2N3O5S/c1-15-9-10-19(17-7-5-4-6-8-17)23(11-15)36-26-30-22(14-35-26)25(32)29-16(2)18-12-20(27)24(21(28)13-18)31-37(3,33)34/h9-14,16-17,31H,4-8H2,1-3H3,(H,29,32). The maximum Gasteiger partial charge on any atom is 0.399 e. The fourth-order valence-electron chi connectivity index (χ4n) is 4.46. The monoisotopic (exact) mass is 533 g/mol. The zero-order valence-corrected chi connectivity index (χ0v) is 21.6. The van der Waals surface area contributed by atoms with Crippen LogP contribution in [0.15, 0.2) is 41.0 Å². The second-order valence-corrected chi connectivity index (χ2v) is 11.2. The zero-order chi connectivity index (χ0) is 26.7. The Balaban J connectivity index is 1.46. The number of nitrogens with zero attached hydrogens (tertiary/aromatic N) is 1. The lowest BCUT2D eigenvalue weighted by atomic mass is 9.83. The maximum absolute atomic E-state index is 14.3. The van der Waals surface area contributed by atoms with E-state index in [2.05, 4.69) is 16.4 Å². The Kier molecular flexibility index (Phi) is 7.82. The van der Waals surface area contributed by atoms with Crippen molar-refractivity contribution in [3.63, 3.8) is 0 Å². The summed E-state index contributed by atoms with van der Waals surface area (Å²) >= 11 is 0. The lowest BCUT2D eigenvalue weighted by Crippen LogP contribution is -2.27. The van der Waals surface area contributed by atoms with Gasteiger partial charge >= 0.3 is 6.08 Å². The third-order valence-corrected chi connectivity index (χ3v) is 6.90. The molecule has 1 aliphatic rings. The Morgan fingerprint density at radius 1 is 1.14 bits per heavy atom. The van der Waals surface area contributed by atoms with Crippen LogP contribution in [0, 0.1) is 18.6 Å². The molecular weight excluding hydrogens is 504 g/mol. The molecule has 1 saturated carbocycles. The molecule has 1 amide bonds. The molecule has 1 fully saturated rings. The Bertz CT molecular complexity index is 1380. The fourth-order valence-corrected chi connectivity index (χ4v) is 5.03. The van der Waals surface area contributed by atoms with Crippen molar-refractivity contribution in [1.29, 1.82) is 0 Å². The lowest BCUT2D eigenvalue weighted by molar-refractivity contribution is 0.0934. The Hall–Kier alpha value is -3.47. The van der Waals surface area contributed by atoms with Crippen LogP contribution in [-0.4, -0.2) is 25.6 Å². The van der Waals surface area contributed by atoms with Crippen LogP contribution >= 0.6 is 0 Å². The third-order valence-electron chi connectivity index (χ3n) is 6.33. The number of oxazole rings is 1. The van der Waals surface area contributed by atoms with E-state index in [0.717, 1.165) is 48.6 Å². The number of carbonyl (C=O) groups is 1. The molecule has 11 heteroatoms. The summed E-state index contributed by atoms with van der Waals surface area (Å²) in [6.45, 7) is 3.49. The van der Waals surface area contributed by atoms with E-state index in [4.69, 9.17) is 9.15 Å².